The summed E-state index contributed by atoms with van der Waals surface area (Å²) in [7, 11) is 0. The monoisotopic (exact) mass is 232 g/mol. The molecule has 1 aromatic rings. The van der Waals surface area contributed by atoms with Crippen molar-refractivity contribution < 1.29 is 0 Å². The Hall–Kier alpha value is -0.860. The van der Waals surface area contributed by atoms with Crippen molar-refractivity contribution in [2.45, 2.75) is 45.8 Å². The van der Waals surface area contributed by atoms with Crippen LogP contribution in [0.15, 0.2) is 24.3 Å². The summed E-state index contributed by atoms with van der Waals surface area (Å²) in [6.07, 6.45) is 2.71. The molecule has 0 amide bonds. The fourth-order valence-electron chi connectivity index (χ4n) is 2.62. The van der Waals surface area contributed by atoms with E-state index in [1.807, 2.05) is 0 Å². The van der Waals surface area contributed by atoms with Gasteiger partial charge in [0.05, 0.1) is 0 Å². The Morgan fingerprint density at radius 2 is 1.76 bits per heavy atom. The minimum atomic E-state index is 0.636. The first-order valence-electron chi connectivity index (χ1n) is 6.71. The van der Waals surface area contributed by atoms with E-state index in [2.05, 4.69) is 43.0 Å². The molecule has 2 unspecified atom stereocenters. The van der Waals surface area contributed by atoms with Gasteiger partial charge in [0, 0.05) is 25.7 Å². The van der Waals surface area contributed by atoms with Crippen molar-refractivity contribution in [3.63, 3.8) is 0 Å². The normalized spacial score (nSPS) is 26.1. The maximum absolute atomic E-state index is 5.61. The molecule has 0 saturated carbocycles. The van der Waals surface area contributed by atoms with Crippen LogP contribution in [0.25, 0.3) is 0 Å². The number of hydrogen-bond donors (Lipinski definition) is 1. The average molecular weight is 232 g/mol. The average Bonchev–Trinajstić information content (AvgIpc) is 2.35. The molecular weight excluding hydrogens is 208 g/mol. The van der Waals surface area contributed by atoms with Crippen LogP contribution in [0.3, 0.4) is 0 Å². The molecule has 0 aromatic heterocycles. The van der Waals surface area contributed by atoms with Gasteiger partial charge in [-0.05, 0) is 36.8 Å². The summed E-state index contributed by atoms with van der Waals surface area (Å²) in [5.74, 6) is 0.842. The fourth-order valence-corrected chi connectivity index (χ4v) is 2.62. The van der Waals surface area contributed by atoms with E-state index in [0.717, 1.165) is 18.5 Å². The highest BCUT2D eigenvalue weighted by atomic mass is 15.2. The van der Waals surface area contributed by atoms with Gasteiger partial charge in [0.1, 0.15) is 0 Å². The van der Waals surface area contributed by atoms with Crippen LogP contribution in [0.4, 0.5) is 0 Å². The Balaban J connectivity index is 1.98. The van der Waals surface area contributed by atoms with Crippen molar-refractivity contribution in [1.29, 1.82) is 0 Å². The smallest absolute Gasteiger partial charge is 0.0236 e. The standard InChI is InChI=1S/C15H24N2/c1-12-3-4-13(2)17(10-12)11-15-7-5-14(9-16)6-8-15/h5-8,12-13H,3-4,9-11,16H2,1-2H3. The van der Waals surface area contributed by atoms with Crippen molar-refractivity contribution in [3.8, 4) is 0 Å². The Bertz CT molecular complexity index is 344. The first-order chi connectivity index (χ1) is 8.19. The molecule has 1 aliphatic rings. The summed E-state index contributed by atoms with van der Waals surface area (Å²) in [6, 6.07) is 9.45. The first-order valence-corrected chi connectivity index (χ1v) is 6.71. The van der Waals surface area contributed by atoms with E-state index in [0.29, 0.717) is 6.54 Å². The van der Waals surface area contributed by atoms with Crippen molar-refractivity contribution in [2.75, 3.05) is 6.54 Å². The maximum Gasteiger partial charge on any atom is 0.0236 e. The quantitative estimate of drug-likeness (QED) is 0.868. The molecule has 1 aromatic carbocycles. The van der Waals surface area contributed by atoms with Crippen molar-refractivity contribution >= 4 is 0 Å². The highest BCUT2D eigenvalue weighted by Gasteiger charge is 2.22. The van der Waals surface area contributed by atoms with Gasteiger partial charge in [-0.3, -0.25) is 4.90 Å². The molecule has 0 aliphatic carbocycles. The molecule has 94 valence electrons. The van der Waals surface area contributed by atoms with E-state index in [4.69, 9.17) is 5.73 Å². The van der Waals surface area contributed by atoms with Gasteiger partial charge < -0.3 is 5.73 Å². The Morgan fingerprint density at radius 1 is 1.12 bits per heavy atom. The third-order valence-corrected chi connectivity index (χ3v) is 3.89. The lowest BCUT2D eigenvalue weighted by Gasteiger charge is -2.36. The second kappa shape index (κ2) is 5.65. The van der Waals surface area contributed by atoms with Gasteiger partial charge in [-0.1, -0.05) is 31.2 Å². The van der Waals surface area contributed by atoms with E-state index in [1.165, 1.54) is 30.5 Å². The summed E-state index contributed by atoms with van der Waals surface area (Å²) < 4.78 is 0. The Morgan fingerprint density at radius 3 is 2.41 bits per heavy atom. The molecule has 2 nitrogen and oxygen atoms in total. The molecule has 1 aliphatic heterocycles. The summed E-state index contributed by atoms with van der Waals surface area (Å²) >= 11 is 0. The SMILES string of the molecule is CC1CCC(C)N(Cc2ccc(CN)cc2)C1. The minimum Gasteiger partial charge on any atom is -0.326 e. The highest BCUT2D eigenvalue weighted by Crippen LogP contribution is 2.23. The van der Waals surface area contributed by atoms with Crippen LogP contribution in [-0.4, -0.2) is 17.5 Å². The van der Waals surface area contributed by atoms with E-state index >= 15 is 0 Å². The van der Waals surface area contributed by atoms with Crippen LogP contribution >= 0.6 is 0 Å². The zero-order valence-corrected chi connectivity index (χ0v) is 11.0. The predicted molar refractivity (Wildman–Crippen MR) is 72.6 cm³/mol. The molecule has 0 radical (unpaired) electrons. The third kappa shape index (κ3) is 3.30. The molecule has 1 heterocycles. The van der Waals surface area contributed by atoms with Gasteiger partial charge in [0.2, 0.25) is 0 Å². The van der Waals surface area contributed by atoms with Crippen molar-refractivity contribution in [1.82, 2.24) is 4.90 Å². The molecule has 0 bridgehead atoms. The van der Waals surface area contributed by atoms with Crippen molar-refractivity contribution in [2.24, 2.45) is 11.7 Å². The van der Waals surface area contributed by atoms with Gasteiger partial charge in [0.15, 0.2) is 0 Å². The van der Waals surface area contributed by atoms with Crippen LogP contribution in [0.2, 0.25) is 0 Å². The largest absolute Gasteiger partial charge is 0.326 e. The molecule has 17 heavy (non-hydrogen) atoms. The van der Waals surface area contributed by atoms with Gasteiger partial charge >= 0.3 is 0 Å². The number of hydrogen-bond acceptors (Lipinski definition) is 2. The van der Waals surface area contributed by atoms with Gasteiger partial charge in [-0.15, -0.1) is 0 Å². The number of rotatable bonds is 3. The van der Waals surface area contributed by atoms with E-state index in [-0.39, 0.29) is 0 Å². The molecule has 2 N–H and O–H groups in total. The molecular formula is C15H24N2. The van der Waals surface area contributed by atoms with Gasteiger partial charge in [0.25, 0.3) is 0 Å². The lowest BCUT2D eigenvalue weighted by atomic mass is 9.94. The molecule has 2 heteroatoms. The fraction of sp³-hybridized carbons (Fsp3) is 0.600. The zero-order valence-electron chi connectivity index (χ0n) is 11.0. The van der Waals surface area contributed by atoms with Crippen LogP contribution < -0.4 is 5.73 Å². The molecule has 1 saturated heterocycles. The summed E-state index contributed by atoms with van der Waals surface area (Å²) in [5.41, 5.74) is 8.24. The number of piperidine rings is 1. The summed E-state index contributed by atoms with van der Waals surface area (Å²) in [5, 5.41) is 0. The van der Waals surface area contributed by atoms with E-state index < -0.39 is 0 Å². The number of nitrogens with zero attached hydrogens (tertiary/aromatic N) is 1. The van der Waals surface area contributed by atoms with Crippen molar-refractivity contribution in [3.05, 3.63) is 35.4 Å². The third-order valence-electron chi connectivity index (χ3n) is 3.89. The van der Waals surface area contributed by atoms with Crippen LogP contribution in [-0.2, 0) is 13.1 Å². The maximum atomic E-state index is 5.61. The second-order valence-electron chi connectivity index (χ2n) is 5.48. The van der Waals surface area contributed by atoms with Gasteiger partial charge in [-0.25, -0.2) is 0 Å². The van der Waals surface area contributed by atoms with Gasteiger partial charge in [-0.2, -0.15) is 0 Å². The van der Waals surface area contributed by atoms with E-state index in [9.17, 15) is 0 Å². The van der Waals surface area contributed by atoms with E-state index in [1.54, 1.807) is 0 Å². The molecule has 2 rings (SSSR count). The molecule has 1 fully saturated rings. The second-order valence-corrected chi connectivity index (χ2v) is 5.48. The lowest BCUT2D eigenvalue weighted by Crippen LogP contribution is -2.40. The Labute approximate surface area is 105 Å². The number of benzene rings is 1. The number of nitrogens with two attached hydrogens (primary N) is 1. The Kier molecular flexibility index (Phi) is 4.19. The molecule has 2 atom stereocenters. The minimum absolute atomic E-state index is 0.636. The topological polar surface area (TPSA) is 29.3 Å². The molecule has 0 spiro atoms. The van der Waals surface area contributed by atoms with Crippen LogP contribution in [0, 0.1) is 5.92 Å². The first kappa shape index (κ1) is 12.6. The van der Waals surface area contributed by atoms with Crippen LogP contribution in [0.1, 0.15) is 37.8 Å². The van der Waals surface area contributed by atoms with Crippen LogP contribution in [0.5, 0.6) is 0 Å². The summed E-state index contributed by atoms with van der Waals surface area (Å²) in [6.45, 7) is 7.66. The lowest BCUT2D eigenvalue weighted by molar-refractivity contribution is 0.117. The predicted octanol–water partition coefficient (Wildman–Crippen LogP) is 2.77. The highest BCUT2D eigenvalue weighted by molar-refractivity contribution is 5.22. The zero-order chi connectivity index (χ0) is 12.3. The number of likely N-dealkylation sites (tertiary alicyclic amines) is 1. The summed E-state index contributed by atoms with van der Waals surface area (Å²) in [4.78, 5) is 2.60.